The molecule has 1 saturated carbocycles. The maximum atomic E-state index is 9.13. The summed E-state index contributed by atoms with van der Waals surface area (Å²) in [6.45, 7) is -0.00407. The van der Waals surface area contributed by atoms with E-state index in [4.69, 9.17) is 9.84 Å². The van der Waals surface area contributed by atoms with Crippen molar-refractivity contribution < 1.29 is 9.84 Å². The Bertz CT molecular complexity index is 308. The number of ether oxygens (including phenoxy) is 1. The molecule has 0 bridgehead atoms. The van der Waals surface area contributed by atoms with Gasteiger partial charge in [-0.3, -0.25) is 4.98 Å². The van der Waals surface area contributed by atoms with Crippen LogP contribution in [0.5, 0.6) is 5.75 Å². The predicted octanol–water partition coefficient (Wildman–Crippen LogP) is 2.29. The fourth-order valence-corrected chi connectivity index (χ4v) is 2.01. The molecule has 1 aromatic rings. The summed E-state index contributed by atoms with van der Waals surface area (Å²) in [5.41, 5.74) is 0.781. The molecule has 0 aliphatic heterocycles. The molecule has 1 aliphatic carbocycles. The zero-order chi connectivity index (χ0) is 10.5. The number of aliphatic hydroxyl groups is 1. The van der Waals surface area contributed by atoms with E-state index < -0.39 is 0 Å². The number of rotatable bonds is 3. The highest BCUT2D eigenvalue weighted by Crippen LogP contribution is 2.25. The predicted molar refractivity (Wildman–Crippen MR) is 57.7 cm³/mol. The van der Waals surface area contributed by atoms with Gasteiger partial charge in [-0.15, -0.1) is 0 Å². The quantitative estimate of drug-likeness (QED) is 0.826. The number of aliphatic hydroxyl groups excluding tert-OH is 1. The lowest BCUT2D eigenvalue weighted by Crippen LogP contribution is -2.20. The highest BCUT2D eigenvalue weighted by Gasteiger charge is 2.15. The molecule has 15 heavy (non-hydrogen) atoms. The van der Waals surface area contributed by atoms with Crippen molar-refractivity contribution >= 4 is 0 Å². The topological polar surface area (TPSA) is 42.4 Å². The van der Waals surface area contributed by atoms with E-state index in [-0.39, 0.29) is 6.61 Å². The van der Waals surface area contributed by atoms with Gasteiger partial charge in [-0.2, -0.15) is 0 Å². The third-order valence-corrected chi connectivity index (χ3v) is 2.88. The Balaban J connectivity index is 2.02. The SMILES string of the molecule is OCc1cnccc1OC1CCCCC1. The van der Waals surface area contributed by atoms with E-state index in [1.165, 1.54) is 19.3 Å². The number of hydrogen-bond donors (Lipinski definition) is 1. The minimum atomic E-state index is -0.00407. The molecule has 1 aromatic heterocycles. The monoisotopic (exact) mass is 207 g/mol. The van der Waals surface area contributed by atoms with Gasteiger partial charge in [0.15, 0.2) is 0 Å². The number of pyridine rings is 1. The highest BCUT2D eigenvalue weighted by atomic mass is 16.5. The molecule has 0 amide bonds. The highest BCUT2D eigenvalue weighted by molar-refractivity contribution is 5.29. The van der Waals surface area contributed by atoms with Crippen LogP contribution in [0.15, 0.2) is 18.5 Å². The number of nitrogens with zero attached hydrogens (tertiary/aromatic N) is 1. The fourth-order valence-electron chi connectivity index (χ4n) is 2.01. The van der Waals surface area contributed by atoms with Gasteiger partial charge in [-0.1, -0.05) is 6.42 Å². The van der Waals surface area contributed by atoms with E-state index in [1.807, 2.05) is 6.07 Å². The third-order valence-electron chi connectivity index (χ3n) is 2.88. The van der Waals surface area contributed by atoms with Crippen molar-refractivity contribution in [3.63, 3.8) is 0 Å². The van der Waals surface area contributed by atoms with Crippen molar-refractivity contribution in [2.24, 2.45) is 0 Å². The lowest BCUT2D eigenvalue weighted by Gasteiger charge is -2.23. The summed E-state index contributed by atoms with van der Waals surface area (Å²) in [4.78, 5) is 3.97. The van der Waals surface area contributed by atoms with Gasteiger partial charge in [0, 0.05) is 18.0 Å². The van der Waals surface area contributed by atoms with Crippen molar-refractivity contribution in [2.75, 3.05) is 0 Å². The first-order chi connectivity index (χ1) is 7.40. The molecule has 1 heterocycles. The van der Waals surface area contributed by atoms with Crippen LogP contribution >= 0.6 is 0 Å². The van der Waals surface area contributed by atoms with Gasteiger partial charge < -0.3 is 9.84 Å². The van der Waals surface area contributed by atoms with Gasteiger partial charge in [0.1, 0.15) is 5.75 Å². The van der Waals surface area contributed by atoms with Crippen LogP contribution in [0.1, 0.15) is 37.7 Å². The normalized spacial score (nSPS) is 17.7. The Morgan fingerprint density at radius 3 is 2.87 bits per heavy atom. The summed E-state index contributed by atoms with van der Waals surface area (Å²) < 4.78 is 5.88. The van der Waals surface area contributed by atoms with Crippen LogP contribution in [0, 0.1) is 0 Å². The molecule has 3 heteroatoms. The Morgan fingerprint density at radius 1 is 1.33 bits per heavy atom. The first-order valence-electron chi connectivity index (χ1n) is 5.60. The summed E-state index contributed by atoms with van der Waals surface area (Å²) in [6, 6.07) is 1.83. The van der Waals surface area contributed by atoms with Crippen LogP contribution in [-0.4, -0.2) is 16.2 Å². The van der Waals surface area contributed by atoms with Crippen molar-refractivity contribution in [3.8, 4) is 5.75 Å². The molecule has 1 aliphatic rings. The fraction of sp³-hybridized carbons (Fsp3) is 0.583. The molecule has 3 nitrogen and oxygen atoms in total. The molecular formula is C12H17NO2. The van der Waals surface area contributed by atoms with Gasteiger partial charge in [-0.25, -0.2) is 0 Å². The molecule has 82 valence electrons. The molecule has 0 atom stereocenters. The second-order valence-electron chi connectivity index (χ2n) is 4.02. The van der Waals surface area contributed by atoms with Crippen LogP contribution < -0.4 is 4.74 Å². The molecule has 0 unspecified atom stereocenters. The third kappa shape index (κ3) is 2.69. The maximum absolute atomic E-state index is 9.13. The van der Waals surface area contributed by atoms with Gasteiger partial charge in [0.2, 0.25) is 0 Å². The van der Waals surface area contributed by atoms with Crippen molar-refractivity contribution in [1.29, 1.82) is 0 Å². The van der Waals surface area contributed by atoms with Crippen LogP contribution in [0.3, 0.4) is 0 Å². The van der Waals surface area contributed by atoms with Gasteiger partial charge in [-0.05, 0) is 31.7 Å². The average Bonchev–Trinajstić information content (AvgIpc) is 2.31. The zero-order valence-electron chi connectivity index (χ0n) is 8.85. The second kappa shape index (κ2) is 5.12. The number of hydrogen-bond acceptors (Lipinski definition) is 3. The summed E-state index contributed by atoms with van der Waals surface area (Å²) in [6.07, 6.45) is 9.79. The number of aromatic nitrogens is 1. The molecule has 0 saturated heterocycles. The van der Waals surface area contributed by atoms with Gasteiger partial charge in [0.05, 0.1) is 12.7 Å². The van der Waals surface area contributed by atoms with E-state index in [0.717, 1.165) is 24.2 Å². The average molecular weight is 207 g/mol. The van der Waals surface area contributed by atoms with Gasteiger partial charge in [0.25, 0.3) is 0 Å². The smallest absolute Gasteiger partial charge is 0.128 e. The van der Waals surface area contributed by atoms with Gasteiger partial charge >= 0.3 is 0 Å². The van der Waals surface area contributed by atoms with Crippen molar-refractivity contribution in [3.05, 3.63) is 24.0 Å². The van der Waals surface area contributed by atoms with E-state index in [9.17, 15) is 0 Å². The molecular weight excluding hydrogens is 190 g/mol. The Labute approximate surface area is 90.1 Å². The molecule has 2 rings (SSSR count). The minimum Gasteiger partial charge on any atom is -0.490 e. The standard InChI is InChI=1S/C12H17NO2/c14-9-10-8-13-7-6-12(10)15-11-4-2-1-3-5-11/h6-8,11,14H,1-5,9H2. The lowest BCUT2D eigenvalue weighted by molar-refractivity contribution is 0.149. The summed E-state index contributed by atoms with van der Waals surface area (Å²) >= 11 is 0. The Kier molecular flexibility index (Phi) is 3.56. The summed E-state index contributed by atoms with van der Waals surface area (Å²) in [5.74, 6) is 0.791. The van der Waals surface area contributed by atoms with E-state index >= 15 is 0 Å². The van der Waals surface area contributed by atoms with Crippen molar-refractivity contribution in [1.82, 2.24) is 4.98 Å². The summed E-state index contributed by atoms with van der Waals surface area (Å²) in [5, 5.41) is 9.13. The molecule has 0 spiro atoms. The summed E-state index contributed by atoms with van der Waals surface area (Å²) in [7, 11) is 0. The molecule has 0 radical (unpaired) electrons. The minimum absolute atomic E-state index is 0.00407. The molecule has 0 aromatic carbocycles. The lowest BCUT2D eigenvalue weighted by atomic mass is 9.98. The molecule has 1 N–H and O–H groups in total. The first-order valence-corrected chi connectivity index (χ1v) is 5.60. The van der Waals surface area contributed by atoms with Crippen LogP contribution in [-0.2, 0) is 6.61 Å². The van der Waals surface area contributed by atoms with Crippen LogP contribution in [0.25, 0.3) is 0 Å². The zero-order valence-corrected chi connectivity index (χ0v) is 8.85. The van der Waals surface area contributed by atoms with E-state index in [1.54, 1.807) is 12.4 Å². The first kappa shape index (κ1) is 10.4. The van der Waals surface area contributed by atoms with Crippen molar-refractivity contribution in [2.45, 2.75) is 44.8 Å². The van der Waals surface area contributed by atoms with Crippen LogP contribution in [0.2, 0.25) is 0 Å². The maximum Gasteiger partial charge on any atom is 0.128 e. The van der Waals surface area contributed by atoms with E-state index in [2.05, 4.69) is 4.98 Å². The molecule has 1 fully saturated rings. The largest absolute Gasteiger partial charge is 0.490 e. The van der Waals surface area contributed by atoms with E-state index in [0.29, 0.717) is 6.10 Å². The Hall–Kier alpha value is -1.09. The Morgan fingerprint density at radius 2 is 2.13 bits per heavy atom. The second-order valence-corrected chi connectivity index (χ2v) is 4.02. The van der Waals surface area contributed by atoms with Crippen LogP contribution in [0.4, 0.5) is 0 Å².